The minimum Gasteiger partial charge on any atom is -0.464 e. The van der Waals surface area contributed by atoms with E-state index in [2.05, 4.69) is 16.3 Å². The molecule has 1 heterocycles. The van der Waals surface area contributed by atoms with E-state index in [9.17, 15) is 4.79 Å². The van der Waals surface area contributed by atoms with Crippen molar-refractivity contribution in [3.05, 3.63) is 17.2 Å². The largest absolute Gasteiger partial charge is 0.464 e. The Morgan fingerprint density at radius 3 is 3.00 bits per heavy atom. The first kappa shape index (κ1) is 8.73. The number of methoxy groups -OCH3 is 1. The number of nitrogen functional groups attached to an aromatic ring is 1. The SMILES string of the molecule is C=Cc1sc(N)nc1C(=O)OC. The zero-order valence-electron chi connectivity index (χ0n) is 6.53. The number of carbonyl (C=O) groups excluding carboxylic acids is 1. The van der Waals surface area contributed by atoms with E-state index in [4.69, 9.17) is 5.73 Å². The lowest BCUT2D eigenvalue weighted by molar-refractivity contribution is 0.0595. The normalized spacial score (nSPS) is 9.42. The summed E-state index contributed by atoms with van der Waals surface area (Å²) < 4.78 is 4.49. The highest BCUT2D eigenvalue weighted by Crippen LogP contribution is 2.21. The maximum Gasteiger partial charge on any atom is 0.358 e. The zero-order valence-corrected chi connectivity index (χ0v) is 7.35. The van der Waals surface area contributed by atoms with Gasteiger partial charge in [-0.3, -0.25) is 0 Å². The lowest BCUT2D eigenvalue weighted by Crippen LogP contribution is -2.03. The van der Waals surface area contributed by atoms with Crippen LogP contribution < -0.4 is 5.73 Å². The Balaban J connectivity index is 3.12. The summed E-state index contributed by atoms with van der Waals surface area (Å²) in [6, 6.07) is 0. The number of nitrogens with zero attached hydrogens (tertiary/aromatic N) is 1. The maximum absolute atomic E-state index is 11.0. The third kappa shape index (κ3) is 1.45. The lowest BCUT2D eigenvalue weighted by atomic mass is 10.3. The maximum atomic E-state index is 11.0. The van der Waals surface area contributed by atoms with Crippen LogP contribution >= 0.6 is 11.3 Å². The number of esters is 1. The van der Waals surface area contributed by atoms with Gasteiger partial charge in [0.2, 0.25) is 0 Å². The van der Waals surface area contributed by atoms with Gasteiger partial charge in [0, 0.05) is 0 Å². The van der Waals surface area contributed by atoms with Gasteiger partial charge in [-0.05, 0) is 6.08 Å². The lowest BCUT2D eigenvalue weighted by Gasteiger charge is -1.93. The number of thiazole rings is 1. The van der Waals surface area contributed by atoms with Crippen LogP contribution in [-0.4, -0.2) is 18.1 Å². The summed E-state index contributed by atoms with van der Waals surface area (Å²) in [4.78, 5) is 15.5. The van der Waals surface area contributed by atoms with Gasteiger partial charge in [-0.2, -0.15) is 0 Å². The molecule has 0 aromatic carbocycles. The van der Waals surface area contributed by atoms with Crippen molar-refractivity contribution in [3.63, 3.8) is 0 Å². The van der Waals surface area contributed by atoms with E-state index in [1.807, 2.05) is 0 Å². The van der Waals surface area contributed by atoms with Gasteiger partial charge in [0.05, 0.1) is 12.0 Å². The van der Waals surface area contributed by atoms with Gasteiger partial charge < -0.3 is 10.5 Å². The molecule has 1 aromatic heterocycles. The Hall–Kier alpha value is -1.36. The monoisotopic (exact) mass is 184 g/mol. The molecule has 2 N–H and O–H groups in total. The number of rotatable bonds is 2. The second-order valence-electron chi connectivity index (χ2n) is 1.96. The molecule has 0 aliphatic heterocycles. The van der Waals surface area contributed by atoms with Crippen LogP contribution in [0.2, 0.25) is 0 Å². The Kier molecular flexibility index (Phi) is 2.44. The average molecular weight is 184 g/mol. The van der Waals surface area contributed by atoms with E-state index in [1.165, 1.54) is 24.5 Å². The molecule has 0 unspecified atom stereocenters. The first-order valence-corrected chi connectivity index (χ1v) is 3.97. The third-order valence-corrected chi connectivity index (χ3v) is 2.11. The van der Waals surface area contributed by atoms with Crippen molar-refractivity contribution < 1.29 is 9.53 Å². The smallest absolute Gasteiger partial charge is 0.358 e. The van der Waals surface area contributed by atoms with Crippen molar-refractivity contribution in [3.8, 4) is 0 Å². The molecule has 0 aliphatic rings. The van der Waals surface area contributed by atoms with Crippen molar-refractivity contribution in [2.75, 3.05) is 12.8 Å². The summed E-state index contributed by atoms with van der Waals surface area (Å²) in [6.45, 7) is 3.53. The highest BCUT2D eigenvalue weighted by atomic mass is 32.1. The van der Waals surface area contributed by atoms with Crippen LogP contribution in [0.25, 0.3) is 6.08 Å². The number of ether oxygens (including phenoxy) is 1. The molecule has 12 heavy (non-hydrogen) atoms. The summed E-state index contributed by atoms with van der Waals surface area (Å²) in [5.74, 6) is -0.488. The third-order valence-electron chi connectivity index (χ3n) is 1.23. The van der Waals surface area contributed by atoms with Gasteiger partial charge in [0.25, 0.3) is 0 Å². The predicted octanol–water partition coefficient (Wildman–Crippen LogP) is 1.15. The van der Waals surface area contributed by atoms with Crippen molar-refractivity contribution in [2.45, 2.75) is 0 Å². The molecule has 0 fully saturated rings. The highest BCUT2D eigenvalue weighted by Gasteiger charge is 2.14. The standard InChI is InChI=1S/C7H8N2O2S/c1-3-4-5(6(10)11-2)9-7(8)12-4/h3H,1H2,2H3,(H2,8,9). The van der Waals surface area contributed by atoms with E-state index in [0.717, 1.165) is 0 Å². The fraction of sp³-hybridized carbons (Fsp3) is 0.143. The molecule has 5 heteroatoms. The number of anilines is 1. The molecule has 0 spiro atoms. The van der Waals surface area contributed by atoms with Crippen LogP contribution in [0.5, 0.6) is 0 Å². The van der Waals surface area contributed by atoms with E-state index < -0.39 is 5.97 Å². The summed E-state index contributed by atoms with van der Waals surface area (Å²) in [5.41, 5.74) is 5.63. The Morgan fingerprint density at radius 1 is 1.83 bits per heavy atom. The minimum atomic E-state index is -0.488. The number of hydrogen-bond acceptors (Lipinski definition) is 5. The average Bonchev–Trinajstić information content (AvgIpc) is 2.45. The number of carbonyl (C=O) groups is 1. The molecule has 4 nitrogen and oxygen atoms in total. The fourth-order valence-electron chi connectivity index (χ4n) is 0.730. The molecule has 1 rings (SSSR count). The summed E-state index contributed by atoms with van der Waals surface area (Å²) >= 11 is 1.21. The predicted molar refractivity (Wildman–Crippen MR) is 48.0 cm³/mol. The highest BCUT2D eigenvalue weighted by molar-refractivity contribution is 7.16. The molecule has 0 atom stereocenters. The molecule has 0 bridgehead atoms. The Bertz CT molecular complexity index is 319. The molecule has 1 aromatic rings. The molecule has 0 radical (unpaired) electrons. The molecule has 0 saturated carbocycles. The van der Waals surface area contributed by atoms with Gasteiger partial charge in [-0.1, -0.05) is 17.9 Å². The Morgan fingerprint density at radius 2 is 2.50 bits per heavy atom. The summed E-state index contributed by atoms with van der Waals surface area (Å²) in [7, 11) is 1.30. The van der Waals surface area contributed by atoms with Gasteiger partial charge in [-0.25, -0.2) is 9.78 Å². The number of nitrogens with two attached hydrogens (primary N) is 1. The van der Waals surface area contributed by atoms with E-state index in [1.54, 1.807) is 0 Å². The number of aromatic nitrogens is 1. The summed E-state index contributed by atoms with van der Waals surface area (Å²) in [5, 5.41) is 0.338. The second kappa shape index (κ2) is 3.36. The van der Waals surface area contributed by atoms with E-state index in [-0.39, 0.29) is 5.69 Å². The van der Waals surface area contributed by atoms with E-state index >= 15 is 0 Å². The van der Waals surface area contributed by atoms with Gasteiger partial charge in [0.1, 0.15) is 0 Å². The Labute approximate surface area is 73.7 Å². The summed E-state index contributed by atoms with van der Waals surface area (Å²) in [6.07, 6.45) is 1.53. The van der Waals surface area contributed by atoms with Crippen LogP contribution in [0.15, 0.2) is 6.58 Å². The topological polar surface area (TPSA) is 65.2 Å². The second-order valence-corrected chi connectivity index (χ2v) is 3.02. The van der Waals surface area contributed by atoms with Gasteiger partial charge in [-0.15, -0.1) is 0 Å². The van der Waals surface area contributed by atoms with Crippen LogP contribution in [0.4, 0.5) is 5.13 Å². The quantitative estimate of drug-likeness (QED) is 0.700. The van der Waals surface area contributed by atoms with Crippen molar-refractivity contribution in [1.82, 2.24) is 4.98 Å². The van der Waals surface area contributed by atoms with Crippen molar-refractivity contribution >= 4 is 28.5 Å². The fourth-order valence-corrected chi connectivity index (χ4v) is 1.40. The van der Waals surface area contributed by atoms with Crippen LogP contribution in [-0.2, 0) is 4.74 Å². The van der Waals surface area contributed by atoms with Gasteiger partial charge >= 0.3 is 5.97 Å². The first-order valence-electron chi connectivity index (χ1n) is 3.16. The first-order chi connectivity index (χ1) is 5.69. The van der Waals surface area contributed by atoms with Gasteiger partial charge in [0.15, 0.2) is 10.8 Å². The van der Waals surface area contributed by atoms with Crippen molar-refractivity contribution in [2.24, 2.45) is 0 Å². The molecule has 0 amide bonds. The zero-order chi connectivity index (χ0) is 9.14. The molecule has 64 valence electrons. The molecular formula is C7H8N2O2S. The minimum absolute atomic E-state index is 0.231. The van der Waals surface area contributed by atoms with Crippen LogP contribution in [0.3, 0.4) is 0 Å². The molecule has 0 aliphatic carbocycles. The molecular weight excluding hydrogens is 176 g/mol. The molecule has 0 saturated heterocycles. The number of hydrogen-bond donors (Lipinski definition) is 1. The van der Waals surface area contributed by atoms with E-state index in [0.29, 0.717) is 10.0 Å². The van der Waals surface area contributed by atoms with Crippen LogP contribution in [0.1, 0.15) is 15.4 Å². The van der Waals surface area contributed by atoms with Crippen molar-refractivity contribution in [1.29, 1.82) is 0 Å². The van der Waals surface area contributed by atoms with Crippen LogP contribution in [0, 0.1) is 0 Å².